The predicted molar refractivity (Wildman–Crippen MR) is 65.6 cm³/mol. The van der Waals surface area contributed by atoms with Crippen molar-refractivity contribution in [3.63, 3.8) is 0 Å². The van der Waals surface area contributed by atoms with Crippen molar-refractivity contribution < 1.29 is 14.4 Å². The molecule has 1 fully saturated rings. The molecular weight excluding hydrogens is 220 g/mol. The van der Waals surface area contributed by atoms with Gasteiger partial charge in [-0.15, -0.1) is 0 Å². The number of hydrogen-bond acceptors (Lipinski definition) is 4. The first-order chi connectivity index (χ1) is 7.92. The zero-order chi connectivity index (χ0) is 12.9. The van der Waals surface area contributed by atoms with Crippen molar-refractivity contribution in [3.8, 4) is 0 Å². The lowest BCUT2D eigenvalue weighted by atomic mass is 10.1. The Morgan fingerprint density at radius 3 is 2.59 bits per heavy atom. The Kier molecular flexibility index (Phi) is 5.21. The van der Waals surface area contributed by atoms with Gasteiger partial charge in [0, 0.05) is 19.1 Å². The van der Waals surface area contributed by atoms with Crippen LogP contribution in [0.2, 0.25) is 0 Å². The number of amides is 1. The molecule has 1 N–H and O–H groups in total. The van der Waals surface area contributed by atoms with E-state index in [-0.39, 0.29) is 6.09 Å². The summed E-state index contributed by atoms with van der Waals surface area (Å²) in [5.41, 5.74) is 2.53. The SMILES string of the molecule is CONC1CCCN(C(=O)OC(C)(C)C)CC1. The molecule has 0 spiro atoms. The van der Waals surface area contributed by atoms with Gasteiger partial charge in [0.1, 0.15) is 5.60 Å². The van der Waals surface area contributed by atoms with Crippen LogP contribution in [0.3, 0.4) is 0 Å². The minimum atomic E-state index is -0.423. The molecule has 1 aliphatic heterocycles. The molecule has 0 aromatic heterocycles. The average Bonchev–Trinajstić information content (AvgIpc) is 2.41. The maximum atomic E-state index is 11.9. The van der Waals surface area contributed by atoms with E-state index < -0.39 is 5.60 Å². The summed E-state index contributed by atoms with van der Waals surface area (Å²) in [5.74, 6) is 0. The Morgan fingerprint density at radius 1 is 1.29 bits per heavy atom. The van der Waals surface area contributed by atoms with Crippen LogP contribution in [-0.4, -0.2) is 42.8 Å². The molecule has 0 aromatic carbocycles. The topological polar surface area (TPSA) is 50.8 Å². The van der Waals surface area contributed by atoms with E-state index in [1.807, 2.05) is 20.8 Å². The van der Waals surface area contributed by atoms with Gasteiger partial charge in [0.15, 0.2) is 0 Å². The fourth-order valence-electron chi connectivity index (χ4n) is 1.89. The van der Waals surface area contributed by atoms with Crippen LogP contribution >= 0.6 is 0 Å². The molecule has 5 heteroatoms. The van der Waals surface area contributed by atoms with Crippen LogP contribution in [0.25, 0.3) is 0 Å². The molecule has 1 unspecified atom stereocenters. The molecule has 100 valence electrons. The summed E-state index contributed by atoms with van der Waals surface area (Å²) < 4.78 is 5.36. The van der Waals surface area contributed by atoms with E-state index in [9.17, 15) is 4.79 Å². The van der Waals surface area contributed by atoms with Crippen molar-refractivity contribution in [2.24, 2.45) is 0 Å². The molecular formula is C12H24N2O3. The minimum Gasteiger partial charge on any atom is -0.444 e. The van der Waals surface area contributed by atoms with E-state index >= 15 is 0 Å². The van der Waals surface area contributed by atoms with Gasteiger partial charge in [-0.1, -0.05) is 0 Å². The Balaban J connectivity index is 2.43. The van der Waals surface area contributed by atoms with Gasteiger partial charge in [-0.3, -0.25) is 0 Å². The molecule has 1 saturated heterocycles. The van der Waals surface area contributed by atoms with Crippen LogP contribution in [0, 0.1) is 0 Å². The van der Waals surface area contributed by atoms with E-state index in [0.29, 0.717) is 6.04 Å². The Hall–Kier alpha value is -0.810. The molecule has 1 atom stereocenters. The van der Waals surface area contributed by atoms with Gasteiger partial charge in [0.2, 0.25) is 0 Å². The van der Waals surface area contributed by atoms with E-state index in [4.69, 9.17) is 9.57 Å². The van der Waals surface area contributed by atoms with Gasteiger partial charge in [0.25, 0.3) is 0 Å². The molecule has 5 nitrogen and oxygen atoms in total. The van der Waals surface area contributed by atoms with E-state index in [0.717, 1.165) is 32.4 Å². The van der Waals surface area contributed by atoms with Crippen molar-refractivity contribution in [1.82, 2.24) is 10.4 Å². The summed E-state index contributed by atoms with van der Waals surface area (Å²) >= 11 is 0. The zero-order valence-corrected chi connectivity index (χ0v) is 11.3. The zero-order valence-electron chi connectivity index (χ0n) is 11.3. The second-order valence-corrected chi connectivity index (χ2v) is 5.42. The molecule has 0 aromatic rings. The highest BCUT2D eigenvalue weighted by atomic mass is 16.6. The summed E-state index contributed by atoms with van der Waals surface area (Å²) in [6.45, 7) is 7.14. The summed E-state index contributed by atoms with van der Waals surface area (Å²) in [6.07, 6.45) is 2.68. The number of hydroxylamine groups is 1. The van der Waals surface area contributed by atoms with Gasteiger partial charge in [0.05, 0.1) is 7.11 Å². The van der Waals surface area contributed by atoms with Crippen LogP contribution < -0.4 is 5.48 Å². The van der Waals surface area contributed by atoms with Gasteiger partial charge >= 0.3 is 6.09 Å². The highest BCUT2D eigenvalue weighted by Gasteiger charge is 2.24. The van der Waals surface area contributed by atoms with Crippen molar-refractivity contribution >= 4 is 6.09 Å². The number of nitrogens with one attached hydrogen (secondary N) is 1. The largest absolute Gasteiger partial charge is 0.444 e. The number of hydrogen-bond donors (Lipinski definition) is 1. The van der Waals surface area contributed by atoms with Crippen LogP contribution in [0.15, 0.2) is 0 Å². The second-order valence-electron chi connectivity index (χ2n) is 5.42. The monoisotopic (exact) mass is 244 g/mol. The molecule has 1 amide bonds. The number of rotatable bonds is 2. The highest BCUT2D eigenvalue weighted by molar-refractivity contribution is 5.68. The second kappa shape index (κ2) is 6.21. The third-order valence-electron chi connectivity index (χ3n) is 2.66. The van der Waals surface area contributed by atoms with Crippen molar-refractivity contribution in [1.29, 1.82) is 0 Å². The van der Waals surface area contributed by atoms with Gasteiger partial charge < -0.3 is 14.5 Å². The Morgan fingerprint density at radius 2 is 2.00 bits per heavy atom. The predicted octanol–water partition coefficient (Wildman–Crippen LogP) is 1.93. The summed E-state index contributed by atoms with van der Waals surface area (Å²) in [6, 6.07) is 0.326. The summed E-state index contributed by atoms with van der Waals surface area (Å²) in [5, 5.41) is 0. The van der Waals surface area contributed by atoms with Gasteiger partial charge in [-0.25, -0.2) is 4.79 Å². The number of carbonyl (C=O) groups excluding carboxylic acids is 1. The van der Waals surface area contributed by atoms with Gasteiger partial charge in [-0.05, 0) is 40.0 Å². The number of carbonyl (C=O) groups is 1. The Labute approximate surface area is 103 Å². The lowest BCUT2D eigenvalue weighted by Crippen LogP contribution is -2.38. The molecule has 17 heavy (non-hydrogen) atoms. The molecule has 1 aliphatic rings. The number of ether oxygens (including phenoxy) is 1. The lowest BCUT2D eigenvalue weighted by molar-refractivity contribution is 0.0244. The highest BCUT2D eigenvalue weighted by Crippen LogP contribution is 2.15. The Bertz CT molecular complexity index is 251. The van der Waals surface area contributed by atoms with Crippen LogP contribution in [0.1, 0.15) is 40.0 Å². The molecule has 0 saturated carbocycles. The fraction of sp³-hybridized carbons (Fsp3) is 0.917. The molecule has 0 aliphatic carbocycles. The summed E-state index contributed by atoms with van der Waals surface area (Å²) in [7, 11) is 1.62. The lowest BCUT2D eigenvalue weighted by Gasteiger charge is -2.26. The van der Waals surface area contributed by atoms with E-state index in [1.54, 1.807) is 12.0 Å². The normalized spacial score (nSPS) is 22.1. The van der Waals surface area contributed by atoms with Crippen LogP contribution in [-0.2, 0) is 9.57 Å². The maximum Gasteiger partial charge on any atom is 0.410 e. The quantitative estimate of drug-likeness (QED) is 0.754. The average molecular weight is 244 g/mol. The van der Waals surface area contributed by atoms with Crippen molar-refractivity contribution in [2.75, 3.05) is 20.2 Å². The smallest absolute Gasteiger partial charge is 0.410 e. The molecule has 0 radical (unpaired) electrons. The maximum absolute atomic E-state index is 11.9. The first-order valence-electron chi connectivity index (χ1n) is 6.19. The van der Waals surface area contributed by atoms with E-state index in [1.165, 1.54) is 0 Å². The number of likely N-dealkylation sites (tertiary alicyclic amines) is 1. The van der Waals surface area contributed by atoms with Crippen LogP contribution in [0.4, 0.5) is 4.79 Å². The molecule has 1 heterocycles. The molecule has 0 bridgehead atoms. The molecule has 1 rings (SSSR count). The van der Waals surface area contributed by atoms with Crippen molar-refractivity contribution in [2.45, 2.75) is 51.7 Å². The third kappa shape index (κ3) is 5.37. The minimum absolute atomic E-state index is 0.212. The van der Waals surface area contributed by atoms with Crippen LogP contribution in [0.5, 0.6) is 0 Å². The number of nitrogens with zero attached hydrogens (tertiary/aromatic N) is 1. The fourth-order valence-corrected chi connectivity index (χ4v) is 1.89. The first-order valence-corrected chi connectivity index (χ1v) is 6.19. The summed E-state index contributed by atoms with van der Waals surface area (Å²) in [4.78, 5) is 18.6. The van der Waals surface area contributed by atoms with Crippen molar-refractivity contribution in [3.05, 3.63) is 0 Å². The first kappa shape index (κ1) is 14.3. The van der Waals surface area contributed by atoms with Gasteiger partial charge in [-0.2, -0.15) is 5.48 Å². The third-order valence-corrected chi connectivity index (χ3v) is 2.66. The van der Waals surface area contributed by atoms with E-state index in [2.05, 4.69) is 5.48 Å². The standard InChI is InChI=1S/C12H24N2O3/c1-12(2,3)17-11(15)14-8-5-6-10(7-9-14)13-16-4/h10,13H,5-9H2,1-4H3.